The van der Waals surface area contributed by atoms with Gasteiger partial charge in [0.15, 0.2) is 0 Å². The fourth-order valence-corrected chi connectivity index (χ4v) is 7.56. The molecule has 0 fully saturated rings. The molecule has 0 saturated heterocycles. The molecule has 0 saturated carbocycles. The summed E-state index contributed by atoms with van der Waals surface area (Å²) in [6.45, 7) is 4.70. The monoisotopic (exact) mass is 577 g/mol. The van der Waals surface area contributed by atoms with Crippen molar-refractivity contribution in [1.29, 1.82) is 0 Å². The molecule has 0 unspecified atom stereocenters. The van der Waals surface area contributed by atoms with Crippen molar-refractivity contribution in [3.05, 3.63) is 163 Å². The second kappa shape index (κ2) is 9.70. The van der Waals surface area contributed by atoms with E-state index in [-0.39, 0.29) is 5.41 Å². The van der Waals surface area contributed by atoms with Crippen molar-refractivity contribution < 1.29 is 4.42 Å². The number of hydrogen-bond donors (Lipinski definition) is 0. The molecule has 1 heterocycles. The van der Waals surface area contributed by atoms with E-state index < -0.39 is 0 Å². The quantitative estimate of drug-likeness (QED) is 0.207. The van der Waals surface area contributed by atoms with E-state index in [2.05, 4.69) is 170 Å². The molecule has 8 aromatic rings. The number of anilines is 3. The number of hydrogen-bond acceptors (Lipinski definition) is 2. The van der Waals surface area contributed by atoms with Crippen LogP contribution in [0.2, 0.25) is 0 Å². The Morgan fingerprint density at radius 3 is 2.02 bits per heavy atom. The second-order valence-electron chi connectivity index (χ2n) is 12.5. The van der Waals surface area contributed by atoms with Gasteiger partial charge in [-0.2, -0.15) is 0 Å². The van der Waals surface area contributed by atoms with Crippen molar-refractivity contribution in [1.82, 2.24) is 0 Å². The standard InChI is InChI=1S/C43H31NO/c1-43(2)34-22-11-8-20-32(34)40-35(43)23-14-25-37(40)44(36-24-12-9-18-30(36)28-15-4-3-5-16-28)38-27-29-17-6-7-19-31(29)42-41(38)33-21-10-13-26-39(33)45-42/h3-27H,1-2H3. The highest BCUT2D eigenvalue weighted by atomic mass is 16.3. The molecule has 0 radical (unpaired) electrons. The molecule has 0 N–H and O–H groups in total. The molecular formula is C43H31NO. The Kier molecular flexibility index (Phi) is 5.58. The SMILES string of the molecule is CC1(C)c2ccccc2-c2c(N(c3ccccc3-c3ccccc3)c3cc4ccccc4c4oc5ccccc5c34)cccc21. The molecule has 45 heavy (non-hydrogen) atoms. The van der Waals surface area contributed by atoms with Gasteiger partial charge in [0.05, 0.1) is 22.4 Å². The van der Waals surface area contributed by atoms with Crippen LogP contribution in [0.4, 0.5) is 17.1 Å². The van der Waals surface area contributed by atoms with Crippen molar-refractivity contribution in [3.8, 4) is 22.3 Å². The first-order valence-electron chi connectivity index (χ1n) is 15.6. The lowest BCUT2D eigenvalue weighted by molar-refractivity contribution is 0.660. The van der Waals surface area contributed by atoms with Crippen LogP contribution in [0.3, 0.4) is 0 Å². The van der Waals surface area contributed by atoms with E-state index in [1.165, 1.54) is 33.4 Å². The summed E-state index contributed by atoms with van der Waals surface area (Å²) in [7, 11) is 0. The largest absolute Gasteiger partial charge is 0.455 e. The Hall–Kier alpha value is -5.60. The summed E-state index contributed by atoms with van der Waals surface area (Å²) in [5.74, 6) is 0. The maximum Gasteiger partial charge on any atom is 0.145 e. The summed E-state index contributed by atoms with van der Waals surface area (Å²) in [5, 5.41) is 4.50. The Bertz CT molecular complexity index is 2410. The van der Waals surface area contributed by atoms with Crippen LogP contribution < -0.4 is 4.90 Å². The summed E-state index contributed by atoms with van der Waals surface area (Å²) in [6.07, 6.45) is 0. The molecule has 1 aliphatic carbocycles. The van der Waals surface area contributed by atoms with E-state index in [1.54, 1.807) is 0 Å². The minimum Gasteiger partial charge on any atom is -0.455 e. The van der Waals surface area contributed by atoms with Crippen LogP contribution in [-0.2, 0) is 5.41 Å². The summed E-state index contributed by atoms with van der Waals surface area (Å²) in [6, 6.07) is 54.6. The molecule has 0 spiro atoms. The van der Waals surface area contributed by atoms with Crippen LogP contribution in [-0.4, -0.2) is 0 Å². The van der Waals surface area contributed by atoms with E-state index in [0.29, 0.717) is 0 Å². The number of nitrogens with zero attached hydrogens (tertiary/aromatic N) is 1. The third-order valence-electron chi connectivity index (χ3n) is 9.65. The minimum atomic E-state index is -0.117. The Morgan fingerprint density at radius 1 is 0.511 bits per heavy atom. The third-order valence-corrected chi connectivity index (χ3v) is 9.65. The number of furan rings is 1. The minimum absolute atomic E-state index is 0.117. The molecule has 0 bridgehead atoms. The number of rotatable bonds is 4. The smallest absolute Gasteiger partial charge is 0.145 e. The van der Waals surface area contributed by atoms with E-state index in [1.807, 2.05) is 0 Å². The lowest BCUT2D eigenvalue weighted by Crippen LogP contribution is -2.16. The first-order chi connectivity index (χ1) is 22.1. The topological polar surface area (TPSA) is 16.4 Å². The van der Waals surface area contributed by atoms with E-state index in [9.17, 15) is 0 Å². The predicted molar refractivity (Wildman–Crippen MR) is 189 cm³/mol. The fourth-order valence-electron chi connectivity index (χ4n) is 7.56. The van der Waals surface area contributed by atoms with E-state index >= 15 is 0 Å². The van der Waals surface area contributed by atoms with Crippen LogP contribution in [0.5, 0.6) is 0 Å². The molecule has 0 aliphatic heterocycles. The highest BCUT2D eigenvalue weighted by molar-refractivity contribution is 6.22. The van der Waals surface area contributed by atoms with Crippen molar-refractivity contribution in [2.24, 2.45) is 0 Å². The summed E-state index contributed by atoms with van der Waals surface area (Å²) in [5.41, 5.74) is 12.7. The molecule has 214 valence electrons. The Morgan fingerprint density at radius 2 is 1.16 bits per heavy atom. The maximum atomic E-state index is 6.70. The van der Waals surface area contributed by atoms with Crippen LogP contribution in [0, 0.1) is 0 Å². The Labute approximate surface area is 262 Å². The second-order valence-corrected chi connectivity index (χ2v) is 12.5. The van der Waals surface area contributed by atoms with Crippen molar-refractivity contribution in [2.75, 3.05) is 4.90 Å². The normalized spacial score (nSPS) is 13.3. The average molecular weight is 578 g/mol. The van der Waals surface area contributed by atoms with Gasteiger partial charge < -0.3 is 9.32 Å². The van der Waals surface area contributed by atoms with Gasteiger partial charge in [0, 0.05) is 27.3 Å². The zero-order chi connectivity index (χ0) is 30.1. The highest BCUT2D eigenvalue weighted by Crippen LogP contribution is 2.56. The van der Waals surface area contributed by atoms with Gasteiger partial charge in [-0.05, 0) is 51.9 Å². The zero-order valence-corrected chi connectivity index (χ0v) is 25.3. The van der Waals surface area contributed by atoms with Crippen molar-refractivity contribution >= 4 is 49.8 Å². The van der Waals surface area contributed by atoms with E-state index in [4.69, 9.17) is 4.42 Å². The molecule has 9 rings (SSSR count). The summed E-state index contributed by atoms with van der Waals surface area (Å²) >= 11 is 0. The van der Waals surface area contributed by atoms with Crippen molar-refractivity contribution in [2.45, 2.75) is 19.3 Å². The zero-order valence-electron chi connectivity index (χ0n) is 25.3. The van der Waals surface area contributed by atoms with E-state index in [0.717, 1.165) is 49.8 Å². The van der Waals surface area contributed by atoms with Gasteiger partial charge in [0.1, 0.15) is 11.2 Å². The summed E-state index contributed by atoms with van der Waals surface area (Å²) < 4.78 is 6.70. The number of para-hydroxylation sites is 2. The van der Waals surface area contributed by atoms with Gasteiger partial charge in [-0.1, -0.05) is 141 Å². The van der Waals surface area contributed by atoms with Gasteiger partial charge in [-0.25, -0.2) is 0 Å². The summed E-state index contributed by atoms with van der Waals surface area (Å²) in [4.78, 5) is 2.50. The lowest BCUT2D eigenvalue weighted by Gasteiger charge is -2.31. The molecule has 0 amide bonds. The van der Waals surface area contributed by atoms with Gasteiger partial charge in [-0.15, -0.1) is 0 Å². The van der Waals surface area contributed by atoms with Crippen LogP contribution >= 0.6 is 0 Å². The van der Waals surface area contributed by atoms with Crippen LogP contribution in [0.1, 0.15) is 25.0 Å². The lowest BCUT2D eigenvalue weighted by atomic mass is 9.82. The first-order valence-corrected chi connectivity index (χ1v) is 15.6. The Balaban J connectivity index is 1.46. The van der Waals surface area contributed by atoms with Gasteiger partial charge in [-0.3, -0.25) is 0 Å². The molecule has 2 heteroatoms. The van der Waals surface area contributed by atoms with Gasteiger partial charge >= 0.3 is 0 Å². The number of fused-ring (bicyclic) bond motifs is 8. The number of benzene rings is 7. The first kappa shape index (κ1) is 25.9. The highest BCUT2D eigenvalue weighted by Gasteiger charge is 2.38. The van der Waals surface area contributed by atoms with Gasteiger partial charge in [0.25, 0.3) is 0 Å². The van der Waals surface area contributed by atoms with Crippen molar-refractivity contribution in [3.63, 3.8) is 0 Å². The molecule has 1 aliphatic rings. The predicted octanol–water partition coefficient (Wildman–Crippen LogP) is 12.2. The molecule has 1 aromatic heterocycles. The molecule has 2 nitrogen and oxygen atoms in total. The van der Waals surface area contributed by atoms with Crippen LogP contribution in [0.15, 0.2) is 156 Å². The molecule has 0 atom stereocenters. The van der Waals surface area contributed by atoms with Gasteiger partial charge in [0.2, 0.25) is 0 Å². The maximum absolute atomic E-state index is 6.70. The fraction of sp³-hybridized carbons (Fsp3) is 0.0698. The average Bonchev–Trinajstić information content (AvgIpc) is 3.59. The third kappa shape index (κ3) is 3.76. The van der Waals surface area contributed by atoms with Crippen LogP contribution in [0.25, 0.3) is 55.0 Å². The molecular weight excluding hydrogens is 546 g/mol. The molecule has 7 aromatic carbocycles.